The zero-order chi connectivity index (χ0) is 21.2. The number of ether oxygens (including phenoxy) is 2. The summed E-state index contributed by atoms with van der Waals surface area (Å²) in [5.41, 5.74) is 1.79. The number of rotatable bonds is 6. The molecule has 0 spiro atoms. The van der Waals surface area contributed by atoms with Crippen LogP contribution in [0.25, 0.3) is 22.4 Å². The van der Waals surface area contributed by atoms with E-state index in [1.807, 2.05) is 36.4 Å². The van der Waals surface area contributed by atoms with Crippen LogP contribution in [0, 0.1) is 0 Å². The highest BCUT2D eigenvalue weighted by molar-refractivity contribution is 5.92. The number of para-hydroxylation sites is 1. The summed E-state index contributed by atoms with van der Waals surface area (Å²) in [5.74, 6) is 2.58. The molecule has 158 valence electrons. The van der Waals surface area contributed by atoms with E-state index in [4.69, 9.17) is 13.9 Å². The van der Waals surface area contributed by atoms with E-state index in [1.54, 1.807) is 20.4 Å². The van der Waals surface area contributed by atoms with Gasteiger partial charge in [0.1, 0.15) is 5.69 Å². The molecular weight excluding hydrogens is 392 g/mol. The van der Waals surface area contributed by atoms with Gasteiger partial charge in [0.25, 0.3) is 5.89 Å². The molecular formula is C24H24N4O3. The van der Waals surface area contributed by atoms with Gasteiger partial charge in [-0.05, 0) is 36.9 Å². The van der Waals surface area contributed by atoms with Gasteiger partial charge in [0, 0.05) is 23.7 Å². The van der Waals surface area contributed by atoms with Gasteiger partial charge in [-0.15, -0.1) is 10.2 Å². The molecule has 1 saturated heterocycles. The number of benzene rings is 2. The topological polar surface area (TPSA) is 73.5 Å². The molecule has 0 unspecified atom stereocenters. The number of aromatic nitrogens is 3. The monoisotopic (exact) mass is 416 g/mol. The van der Waals surface area contributed by atoms with Crippen molar-refractivity contribution >= 4 is 10.8 Å². The lowest BCUT2D eigenvalue weighted by Crippen LogP contribution is -2.23. The molecule has 3 heterocycles. The molecule has 1 aliphatic rings. The molecule has 7 nitrogen and oxygen atoms in total. The second kappa shape index (κ2) is 8.35. The number of likely N-dealkylation sites (tertiary alicyclic amines) is 1. The smallest absolute Gasteiger partial charge is 0.266 e. The lowest BCUT2D eigenvalue weighted by molar-refractivity contribution is 0.212. The first kappa shape index (κ1) is 19.5. The van der Waals surface area contributed by atoms with Crippen molar-refractivity contribution in [3.63, 3.8) is 0 Å². The Morgan fingerprint density at radius 1 is 1.03 bits per heavy atom. The molecule has 0 aliphatic carbocycles. The Bertz CT molecular complexity index is 1200. The third-order valence-electron chi connectivity index (χ3n) is 5.82. The van der Waals surface area contributed by atoms with Gasteiger partial charge in [-0.1, -0.05) is 36.4 Å². The van der Waals surface area contributed by atoms with Gasteiger partial charge < -0.3 is 13.9 Å². The van der Waals surface area contributed by atoms with Crippen molar-refractivity contribution in [1.29, 1.82) is 0 Å². The fourth-order valence-corrected chi connectivity index (χ4v) is 4.35. The molecule has 1 atom stereocenters. The number of fused-ring (bicyclic) bond motifs is 1. The van der Waals surface area contributed by atoms with E-state index in [0.717, 1.165) is 59.5 Å². The van der Waals surface area contributed by atoms with Crippen molar-refractivity contribution in [2.24, 2.45) is 0 Å². The minimum absolute atomic E-state index is 0.0622. The average molecular weight is 416 g/mol. The molecule has 5 rings (SSSR count). The van der Waals surface area contributed by atoms with Crippen LogP contribution in [0.1, 0.15) is 30.3 Å². The van der Waals surface area contributed by atoms with Crippen molar-refractivity contribution in [2.75, 3.05) is 20.8 Å². The predicted octanol–water partition coefficient (Wildman–Crippen LogP) is 4.64. The summed E-state index contributed by atoms with van der Waals surface area (Å²) in [6, 6.07) is 16.1. The van der Waals surface area contributed by atoms with Gasteiger partial charge in [0.2, 0.25) is 5.89 Å². The Morgan fingerprint density at radius 3 is 2.81 bits per heavy atom. The summed E-state index contributed by atoms with van der Waals surface area (Å²) in [6.07, 6.45) is 3.82. The van der Waals surface area contributed by atoms with Crippen LogP contribution < -0.4 is 9.47 Å². The third-order valence-corrected chi connectivity index (χ3v) is 5.82. The van der Waals surface area contributed by atoms with Crippen LogP contribution in [0.3, 0.4) is 0 Å². The minimum Gasteiger partial charge on any atom is -0.493 e. The number of hydrogen-bond donors (Lipinski definition) is 0. The average Bonchev–Trinajstić information content (AvgIpc) is 3.48. The van der Waals surface area contributed by atoms with Crippen LogP contribution in [0.15, 0.2) is 59.1 Å². The zero-order valence-electron chi connectivity index (χ0n) is 17.6. The first-order valence-electron chi connectivity index (χ1n) is 10.4. The largest absolute Gasteiger partial charge is 0.493 e. The number of pyridine rings is 1. The molecule has 0 saturated carbocycles. The first-order chi connectivity index (χ1) is 15.3. The minimum atomic E-state index is 0.0622. The van der Waals surface area contributed by atoms with E-state index in [1.165, 1.54) is 0 Å². The molecule has 4 aromatic rings. The summed E-state index contributed by atoms with van der Waals surface area (Å²) in [7, 11) is 3.33. The van der Waals surface area contributed by atoms with Gasteiger partial charge in [0.05, 0.1) is 20.3 Å². The standard InChI is InChI=1S/C24H24N4O3/c1-29-20-11-5-8-17(22(20)30-2)15-28-14-6-10-19(28)23-26-27-24(31-23)21-18-9-4-3-7-16(18)12-13-25-21/h3-5,7-9,11-13,19H,6,10,14-15H2,1-2H3/t19-/m0/s1. The van der Waals surface area contributed by atoms with E-state index in [0.29, 0.717) is 11.8 Å². The zero-order valence-corrected chi connectivity index (χ0v) is 17.6. The van der Waals surface area contributed by atoms with Crippen molar-refractivity contribution in [3.8, 4) is 23.1 Å². The summed E-state index contributed by atoms with van der Waals surface area (Å²) >= 11 is 0. The fourth-order valence-electron chi connectivity index (χ4n) is 4.35. The highest BCUT2D eigenvalue weighted by Gasteiger charge is 2.31. The number of methoxy groups -OCH3 is 2. The maximum absolute atomic E-state index is 6.15. The maximum Gasteiger partial charge on any atom is 0.266 e. The lowest BCUT2D eigenvalue weighted by Gasteiger charge is -2.23. The van der Waals surface area contributed by atoms with Crippen LogP contribution in [0.2, 0.25) is 0 Å². The molecule has 2 aromatic heterocycles. The molecule has 2 aromatic carbocycles. The van der Waals surface area contributed by atoms with Crippen molar-refractivity contribution < 1.29 is 13.9 Å². The molecule has 1 fully saturated rings. The SMILES string of the molecule is COc1cccc(CN2CCC[C@H]2c2nnc(-c3nccc4ccccc34)o2)c1OC. The summed E-state index contributed by atoms with van der Waals surface area (Å²) in [5, 5.41) is 10.8. The quantitative estimate of drug-likeness (QED) is 0.453. The Balaban J connectivity index is 1.43. The van der Waals surface area contributed by atoms with E-state index < -0.39 is 0 Å². The molecule has 0 bridgehead atoms. The second-order valence-electron chi connectivity index (χ2n) is 7.61. The number of hydrogen-bond acceptors (Lipinski definition) is 7. The highest BCUT2D eigenvalue weighted by Crippen LogP contribution is 2.37. The molecule has 7 heteroatoms. The van der Waals surface area contributed by atoms with E-state index >= 15 is 0 Å². The van der Waals surface area contributed by atoms with Gasteiger partial charge in [-0.2, -0.15) is 0 Å². The molecule has 1 aliphatic heterocycles. The van der Waals surface area contributed by atoms with Crippen LogP contribution in [-0.2, 0) is 6.54 Å². The Labute approximate surface area is 180 Å². The Morgan fingerprint density at radius 2 is 1.94 bits per heavy atom. The van der Waals surface area contributed by atoms with Crippen LogP contribution in [0.5, 0.6) is 11.5 Å². The molecule has 0 radical (unpaired) electrons. The molecule has 0 N–H and O–H groups in total. The first-order valence-corrected chi connectivity index (χ1v) is 10.4. The van der Waals surface area contributed by atoms with E-state index in [9.17, 15) is 0 Å². The predicted molar refractivity (Wildman–Crippen MR) is 117 cm³/mol. The Hall–Kier alpha value is -3.45. The Kier molecular flexibility index (Phi) is 5.26. The van der Waals surface area contributed by atoms with Crippen molar-refractivity contribution in [3.05, 3.63) is 66.2 Å². The van der Waals surface area contributed by atoms with Gasteiger partial charge in [-0.3, -0.25) is 9.88 Å². The van der Waals surface area contributed by atoms with Gasteiger partial charge >= 0.3 is 0 Å². The summed E-state index contributed by atoms with van der Waals surface area (Å²) in [6.45, 7) is 1.67. The maximum atomic E-state index is 6.15. The van der Waals surface area contributed by atoms with Crippen molar-refractivity contribution in [2.45, 2.75) is 25.4 Å². The van der Waals surface area contributed by atoms with E-state index in [2.05, 4.69) is 32.2 Å². The van der Waals surface area contributed by atoms with Gasteiger partial charge in [0.15, 0.2) is 11.5 Å². The van der Waals surface area contributed by atoms with Crippen LogP contribution in [-0.4, -0.2) is 40.8 Å². The van der Waals surface area contributed by atoms with Crippen LogP contribution >= 0.6 is 0 Å². The van der Waals surface area contributed by atoms with E-state index in [-0.39, 0.29) is 6.04 Å². The fraction of sp³-hybridized carbons (Fsp3) is 0.292. The molecule has 31 heavy (non-hydrogen) atoms. The van der Waals surface area contributed by atoms with Gasteiger partial charge in [-0.25, -0.2) is 0 Å². The summed E-state index contributed by atoms with van der Waals surface area (Å²) < 4.78 is 17.2. The molecule has 0 amide bonds. The highest BCUT2D eigenvalue weighted by atomic mass is 16.5. The number of nitrogens with zero attached hydrogens (tertiary/aromatic N) is 4. The summed E-state index contributed by atoms with van der Waals surface area (Å²) in [4.78, 5) is 6.86. The normalized spacial score (nSPS) is 16.6. The second-order valence-corrected chi connectivity index (χ2v) is 7.61. The lowest BCUT2D eigenvalue weighted by atomic mass is 10.1. The van der Waals surface area contributed by atoms with Crippen LogP contribution in [0.4, 0.5) is 0 Å². The van der Waals surface area contributed by atoms with Crippen molar-refractivity contribution in [1.82, 2.24) is 20.1 Å². The third kappa shape index (κ3) is 3.61.